The second-order valence-electron chi connectivity index (χ2n) is 8.57. The summed E-state index contributed by atoms with van der Waals surface area (Å²) in [5.74, 6) is 0.855. The van der Waals surface area contributed by atoms with Crippen LogP contribution >= 0.6 is 0 Å². The lowest BCUT2D eigenvalue weighted by Gasteiger charge is -2.19. The van der Waals surface area contributed by atoms with E-state index in [0.717, 1.165) is 39.2 Å². The molecule has 1 amide bonds. The third-order valence-corrected chi connectivity index (χ3v) is 7.91. The third-order valence-electron chi connectivity index (χ3n) is 6.13. The van der Waals surface area contributed by atoms with Gasteiger partial charge in [-0.1, -0.05) is 36.8 Å². The van der Waals surface area contributed by atoms with E-state index in [1.54, 1.807) is 18.2 Å². The van der Waals surface area contributed by atoms with Gasteiger partial charge in [-0.05, 0) is 67.8 Å². The molecule has 0 bridgehead atoms. The molecule has 0 spiro atoms. The maximum absolute atomic E-state index is 12.9. The Balaban J connectivity index is 1.59. The molecule has 0 saturated carbocycles. The summed E-state index contributed by atoms with van der Waals surface area (Å²) in [7, 11) is -4.18. The number of imidazole rings is 1. The molecule has 9 heteroatoms. The number of hydrogen-bond donors (Lipinski definition) is 1. The number of hydrogen-bond acceptors (Lipinski definition) is 5. The van der Waals surface area contributed by atoms with Crippen molar-refractivity contribution >= 4 is 27.1 Å². The number of aryl methyl sites for hydroxylation is 3. The van der Waals surface area contributed by atoms with E-state index in [4.69, 9.17) is 4.98 Å². The summed E-state index contributed by atoms with van der Waals surface area (Å²) in [6.07, 6.45) is -0.591. The first kappa shape index (κ1) is 24.9. The fraction of sp³-hybridized carbons (Fsp3) is 0.222. The predicted octanol–water partition coefficient (Wildman–Crippen LogP) is 4.99. The molecule has 4 rings (SSSR count). The molecule has 36 heavy (non-hydrogen) atoms. The fourth-order valence-corrected chi connectivity index (χ4v) is 5.39. The van der Waals surface area contributed by atoms with E-state index in [9.17, 15) is 23.6 Å². The summed E-state index contributed by atoms with van der Waals surface area (Å²) in [5, 5.41) is 19.0. The van der Waals surface area contributed by atoms with Crippen LogP contribution in [0.1, 0.15) is 35.0 Å². The maximum Gasteiger partial charge on any atom is 0.421 e. The van der Waals surface area contributed by atoms with Crippen molar-refractivity contribution in [3.63, 3.8) is 0 Å². The number of benzene rings is 3. The molecular formula is C27H26N4O4S. The maximum atomic E-state index is 12.9. The summed E-state index contributed by atoms with van der Waals surface area (Å²) in [4.78, 5) is 16.4. The highest BCUT2D eigenvalue weighted by atomic mass is 32.2. The molecule has 3 aromatic carbocycles. The van der Waals surface area contributed by atoms with E-state index in [-0.39, 0.29) is 17.9 Å². The Labute approximate surface area is 210 Å². The number of fused-ring (bicyclic) bond motifs is 1. The number of carbonyl (C=O) groups is 1. The molecule has 1 aromatic heterocycles. The quantitative estimate of drug-likeness (QED) is 0.381. The molecular weight excluding hydrogens is 476 g/mol. The first-order valence-electron chi connectivity index (χ1n) is 11.5. The second-order valence-corrected chi connectivity index (χ2v) is 10.4. The van der Waals surface area contributed by atoms with Gasteiger partial charge >= 0.3 is 6.09 Å². The van der Waals surface area contributed by atoms with Gasteiger partial charge in [0.1, 0.15) is 5.82 Å². The van der Waals surface area contributed by atoms with Gasteiger partial charge in [0.25, 0.3) is 10.0 Å². The van der Waals surface area contributed by atoms with Gasteiger partial charge in [0.2, 0.25) is 0 Å². The van der Waals surface area contributed by atoms with Crippen LogP contribution in [0.25, 0.3) is 16.7 Å². The average molecular weight is 503 g/mol. The van der Waals surface area contributed by atoms with E-state index in [1.807, 2.05) is 55.7 Å². The summed E-state index contributed by atoms with van der Waals surface area (Å²) in [5.41, 5.74) is 5.67. The molecule has 0 fully saturated rings. The SMILES string of the molecule is CCc1nc2cc(C#N)c(C)cc2n1-c1ccc(CCN(C(=O)O)S(=O)(=O)c2ccc(C)cc2)cc1. The number of carboxylic acid groups (broad SMARTS) is 1. The van der Waals surface area contributed by atoms with E-state index < -0.39 is 16.1 Å². The van der Waals surface area contributed by atoms with Crippen LogP contribution in [0.5, 0.6) is 0 Å². The largest absolute Gasteiger partial charge is 0.464 e. The van der Waals surface area contributed by atoms with Crippen molar-refractivity contribution in [1.29, 1.82) is 5.26 Å². The highest BCUT2D eigenvalue weighted by molar-refractivity contribution is 7.89. The molecule has 0 radical (unpaired) electrons. The van der Waals surface area contributed by atoms with Gasteiger partial charge in [0.15, 0.2) is 0 Å². The first-order chi connectivity index (χ1) is 17.1. The monoisotopic (exact) mass is 502 g/mol. The van der Waals surface area contributed by atoms with Gasteiger partial charge in [-0.25, -0.2) is 22.5 Å². The number of aromatic nitrogens is 2. The van der Waals surface area contributed by atoms with E-state index in [0.29, 0.717) is 16.3 Å². The van der Waals surface area contributed by atoms with Crippen LogP contribution in [0.3, 0.4) is 0 Å². The van der Waals surface area contributed by atoms with Gasteiger partial charge in [0, 0.05) is 18.7 Å². The Bertz CT molecular complexity index is 1580. The van der Waals surface area contributed by atoms with Gasteiger partial charge in [-0.2, -0.15) is 5.26 Å². The molecule has 1 N–H and O–H groups in total. The van der Waals surface area contributed by atoms with Gasteiger partial charge < -0.3 is 5.11 Å². The molecule has 0 unspecified atom stereocenters. The van der Waals surface area contributed by atoms with Crippen molar-refractivity contribution in [2.24, 2.45) is 0 Å². The molecule has 1 heterocycles. The summed E-state index contributed by atoms with van der Waals surface area (Å²) in [6, 6.07) is 19.6. The molecule has 0 atom stereocenters. The Morgan fingerprint density at radius 2 is 1.75 bits per heavy atom. The van der Waals surface area contributed by atoms with E-state index >= 15 is 0 Å². The van der Waals surface area contributed by atoms with Crippen LogP contribution < -0.4 is 0 Å². The third kappa shape index (κ3) is 4.68. The minimum absolute atomic E-state index is 0.0558. The molecule has 8 nitrogen and oxygen atoms in total. The highest BCUT2D eigenvalue weighted by Crippen LogP contribution is 2.26. The highest BCUT2D eigenvalue weighted by Gasteiger charge is 2.28. The van der Waals surface area contributed by atoms with Crippen LogP contribution in [-0.2, 0) is 22.9 Å². The Morgan fingerprint density at radius 3 is 2.33 bits per heavy atom. The number of amides is 1. The minimum atomic E-state index is -4.18. The summed E-state index contributed by atoms with van der Waals surface area (Å²) in [6.45, 7) is 5.53. The summed E-state index contributed by atoms with van der Waals surface area (Å²) >= 11 is 0. The van der Waals surface area contributed by atoms with Gasteiger partial charge in [-0.15, -0.1) is 0 Å². The molecule has 0 aliphatic carbocycles. The lowest BCUT2D eigenvalue weighted by Crippen LogP contribution is -2.37. The van der Waals surface area contributed by atoms with Crippen molar-refractivity contribution in [1.82, 2.24) is 13.9 Å². The molecule has 0 aliphatic rings. The Kier molecular flexibility index (Phi) is 6.82. The standard InChI is InChI=1S/C27H26N4O4S/c1-4-26-29-24-16-21(17-28)19(3)15-25(24)31(26)22-9-7-20(8-10-22)13-14-30(27(32)33)36(34,35)23-11-5-18(2)6-12-23/h5-12,15-16H,4,13-14H2,1-3H3,(H,32,33). The first-order valence-corrected chi connectivity index (χ1v) is 12.9. The van der Waals surface area contributed by atoms with E-state index in [2.05, 4.69) is 6.07 Å². The zero-order chi connectivity index (χ0) is 26.0. The minimum Gasteiger partial charge on any atom is -0.464 e. The summed E-state index contributed by atoms with van der Waals surface area (Å²) < 4.78 is 28.3. The number of sulfonamides is 1. The van der Waals surface area contributed by atoms with Crippen LogP contribution in [0, 0.1) is 25.2 Å². The van der Waals surface area contributed by atoms with Gasteiger partial charge in [-0.3, -0.25) is 4.57 Å². The topological polar surface area (TPSA) is 116 Å². The molecule has 0 aliphatic heterocycles. The van der Waals surface area contributed by atoms with Crippen LogP contribution in [-0.4, -0.2) is 40.0 Å². The van der Waals surface area contributed by atoms with Crippen molar-refractivity contribution in [3.8, 4) is 11.8 Å². The number of rotatable bonds is 7. The predicted molar refractivity (Wildman–Crippen MR) is 137 cm³/mol. The van der Waals surface area contributed by atoms with Gasteiger partial charge in [0.05, 0.1) is 27.6 Å². The smallest absolute Gasteiger partial charge is 0.421 e. The molecule has 184 valence electrons. The lowest BCUT2D eigenvalue weighted by atomic mass is 10.1. The van der Waals surface area contributed by atoms with Crippen molar-refractivity contribution in [3.05, 3.63) is 88.7 Å². The zero-order valence-electron chi connectivity index (χ0n) is 20.3. The molecule has 4 aromatic rings. The number of nitrogens with zero attached hydrogens (tertiary/aromatic N) is 4. The van der Waals surface area contributed by atoms with Crippen LogP contribution in [0.15, 0.2) is 65.6 Å². The number of nitriles is 1. The fourth-order valence-electron chi connectivity index (χ4n) is 4.12. The average Bonchev–Trinajstić information content (AvgIpc) is 3.21. The lowest BCUT2D eigenvalue weighted by molar-refractivity contribution is 0.172. The Morgan fingerprint density at radius 1 is 1.08 bits per heavy atom. The van der Waals surface area contributed by atoms with Crippen molar-refractivity contribution in [2.45, 2.75) is 38.5 Å². The Hall–Kier alpha value is -4.16. The molecule has 0 saturated heterocycles. The normalized spacial score (nSPS) is 11.4. The van der Waals surface area contributed by atoms with Crippen LogP contribution in [0.2, 0.25) is 0 Å². The van der Waals surface area contributed by atoms with Crippen molar-refractivity contribution in [2.75, 3.05) is 6.54 Å². The van der Waals surface area contributed by atoms with Crippen molar-refractivity contribution < 1.29 is 18.3 Å². The second kappa shape index (κ2) is 9.84. The zero-order valence-corrected chi connectivity index (χ0v) is 21.1. The van der Waals surface area contributed by atoms with Crippen LogP contribution in [0.4, 0.5) is 4.79 Å². The van der Waals surface area contributed by atoms with E-state index in [1.165, 1.54) is 12.1 Å².